The Bertz CT molecular complexity index is 1140. The maximum atomic E-state index is 14.1. The van der Waals surface area contributed by atoms with E-state index in [9.17, 15) is 14.0 Å². The fourth-order valence-corrected chi connectivity index (χ4v) is 5.12. The zero-order chi connectivity index (χ0) is 25.9. The number of benzene rings is 3. The van der Waals surface area contributed by atoms with Crippen molar-refractivity contribution in [2.24, 2.45) is 0 Å². The zero-order valence-electron chi connectivity index (χ0n) is 20.6. The number of nitrogens with zero attached hydrogens (tertiary/aromatic N) is 1. The summed E-state index contributed by atoms with van der Waals surface area (Å²) in [6.45, 7) is 4.27. The van der Waals surface area contributed by atoms with Crippen molar-refractivity contribution in [3.8, 4) is 0 Å². The third-order valence-electron chi connectivity index (χ3n) is 5.96. The van der Waals surface area contributed by atoms with Gasteiger partial charge >= 0.3 is 0 Å². The van der Waals surface area contributed by atoms with Gasteiger partial charge in [0.25, 0.3) is 0 Å². The summed E-state index contributed by atoms with van der Waals surface area (Å²) in [6.07, 6.45) is 1.20. The lowest BCUT2D eigenvalue weighted by Crippen LogP contribution is -2.52. The standard InChI is InChI=1S/C29H32BrFN2O2S/c1-3-21(2)32-29(35)27(17-22-10-5-4-6-11-22)33(18-23-12-9-14-25(30)16-23)28(34)20-36-19-24-13-7-8-15-26(24)31/h4-16,21,27H,3,17-20H2,1-2H3,(H,32,35)/t21-,27-/m0/s1. The number of thioether (sulfide) groups is 1. The number of amides is 2. The van der Waals surface area contributed by atoms with Crippen LogP contribution in [0.5, 0.6) is 0 Å². The van der Waals surface area contributed by atoms with Crippen molar-refractivity contribution in [2.45, 2.75) is 51.1 Å². The molecule has 3 rings (SSSR count). The van der Waals surface area contributed by atoms with Crippen molar-refractivity contribution in [2.75, 3.05) is 5.75 Å². The summed E-state index contributed by atoms with van der Waals surface area (Å²) in [5.74, 6) is -0.0824. The van der Waals surface area contributed by atoms with Crippen LogP contribution in [0, 0.1) is 5.82 Å². The van der Waals surface area contributed by atoms with E-state index in [2.05, 4.69) is 21.2 Å². The minimum atomic E-state index is -0.679. The first kappa shape index (κ1) is 27.9. The Morgan fingerprint density at radius 1 is 1.00 bits per heavy atom. The normalized spacial score (nSPS) is 12.6. The molecule has 0 aliphatic carbocycles. The summed E-state index contributed by atoms with van der Waals surface area (Å²) < 4.78 is 15.0. The fraction of sp³-hybridized carbons (Fsp3) is 0.310. The van der Waals surface area contributed by atoms with Crippen LogP contribution in [0.3, 0.4) is 0 Å². The highest BCUT2D eigenvalue weighted by molar-refractivity contribution is 9.10. The van der Waals surface area contributed by atoms with Crippen molar-refractivity contribution >= 4 is 39.5 Å². The third kappa shape index (κ3) is 8.49. The summed E-state index contributed by atoms with van der Waals surface area (Å²) in [7, 11) is 0. The molecule has 3 aromatic rings. The fourth-order valence-electron chi connectivity index (χ4n) is 3.77. The quantitative estimate of drug-likeness (QED) is 0.275. The molecule has 0 aliphatic heterocycles. The van der Waals surface area contributed by atoms with Crippen LogP contribution < -0.4 is 5.32 Å². The zero-order valence-corrected chi connectivity index (χ0v) is 23.0. The molecule has 2 amide bonds. The molecule has 2 atom stereocenters. The minimum absolute atomic E-state index is 0.00553. The highest BCUT2D eigenvalue weighted by atomic mass is 79.9. The Kier molecular flexibility index (Phi) is 11.0. The number of rotatable bonds is 12. The lowest BCUT2D eigenvalue weighted by Gasteiger charge is -2.32. The molecule has 0 saturated carbocycles. The molecular formula is C29H32BrFN2O2S. The summed E-state index contributed by atoms with van der Waals surface area (Å²) in [6, 6.07) is 23.4. The van der Waals surface area contributed by atoms with E-state index in [1.807, 2.05) is 68.4 Å². The van der Waals surface area contributed by atoms with Gasteiger partial charge in [-0.1, -0.05) is 83.5 Å². The molecule has 0 fully saturated rings. The lowest BCUT2D eigenvalue weighted by atomic mass is 10.0. The van der Waals surface area contributed by atoms with Crippen LogP contribution in [0.1, 0.15) is 37.0 Å². The van der Waals surface area contributed by atoms with Crippen LogP contribution >= 0.6 is 27.7 Å². The smallest absolute Gasteiger partial charge is 0.243 e. The summed E-state index contributed by atoms with van der Waals surface area (Å²) >= 11 is 4.86. The minimum Gasteiger partial charge on any atom is -0.352 e. The number of nitrogens with one attached hydrogen (secondary N) is 1. The first-order valence-electron chi connectivity index (χ1n) is 12.1. The van der Waals surface area contributed by atoms with Gasteiger partial charge in [-0.2, -0.15) is 0 Å². The van der Waals surface area contributed by atoms with Crippen molar-refractivity contribution in [1.82, 2.24) is 10.2 Å². The monoisotopic (exact) mass is 570 g/mol. The average molecular weight is 572 g/mol. The number of carbonyl (C=O) groups is 2. The molecule has 0 saturated heterocycles. The van der Waals surface area contributed by atoms with E-state index in [1.54, 1.807) is 23.1 Å². The maximum Gasteiger partial charge on any atom is 0.243 e. The van der Waals surface area contributed by atoms with Gasteiger partial charge in [0, 0.05) is 29.2 Å². The maximum absolute atomic E-state index is 14.1. The third-order valence-corrected chi connectivity index (χ3v) is 7.41. The Labute approximate surface area is 225 Å². The molecule has 0 unspecified atom stereocenters. The molecule has 0 heterocycles. The average Bonchev–Trinajstić information content (AvgIpc) is 2.87. The second-order valence-corrected chi connectivity index (χ2v) is 10.7. The Hall–Kier alpha value is -2.64. The van der Waals surface area contributed by atoms with E-state index in [0.717, 1.165) is 22.0 Å². The molecule has 3 aromatic carbocycles. The molecule has 0 aliphatic rings. The summed E-state index contributed by atoms with van der Waals surface area (Å²) in [4.78, 5) is 28.8. The molecule has 36 heavy (non-hydrogen) atoms. The van der Waals surface area contributed by atoms with Gasteiger partial charge in [0.1, 0.15) is 11.9 Å². The van der Waals surface area contributed by atoms with Crippen molar-refractivity contribution in [1.29, 1.82) is 0 Å². The Morgan fingerprint density at radius 2 is 1.69 bits per heavy atom. The van der Waals surface area contributed by atoms with Gasteiger partial charge in [-0.3, -0.25) is 9.59 Å². The van der Waals surface area contributed by atoms with Gasteiger partial charge in [-0.25, -0.2) is 4.39 Å². The second-order valence-electron chi connectivity index (χ2n) is 8.76. The predicted molar refractivity (Wildman–Crippen MR) is 149 cm³/mol. The molecule has 0 bridgehead atoms. The van der Waals surface area contributed by atoms with Gasteiger partial charge in [-0.05, 0) is 48.2 Å². The van der Waals surface area contributed by atoms with Crippen LogP contribution in [-0.4, -0.2) is 34.6 Å². The number of halogens is 2. The van der Waals surface area contributed by atoms with Crippen molar-refractivity contribution < 1.29 is 14.0 Å². The van der Waals surface area contributed by atoms with Crippen LogP contribution in [0.15, 0.2) is 83.3 Å². The molecule has 1 N–H and O–H groups in total. The molecule has 0 radical (unpaired) electrons. The van der Waals surface area contributed by atoms with E-state index >= 15 is 0 Å². The van der Waals surface area contributed by atoms with Gasteiger partial charge in [-0.15, -0.1) is 11.8 Å². The highest BCUT2D eigenvalue weighted by Gasteiger charge is 2.31. The largest absolute Gasteiger partial charge is 0.352 e. The van der Waals surface area contributed by atoms with Crippen LogP contribution in [0.25, 0.3) is 0 Å². The summed E-state index contributed by atoms with van der Waals surface area (Å²) in [5, 5.41) is 3.07. The lowest BCUT2D eigenvalue weighted by molar-refractivity contribution is -0.139. The van der Waals surface area contributed by atoms with Gasteiger partial charge in [0.2, 0.25) is 11.8 Å². The molecule has 7 heteroatoms. The first-order valence-corrected chi connectivity index (χ1v) is 14.0. The Balaban J connectivity index is 1.86. The van der Waals surface area contributed by atoms with Gasteiger partial charge < -0.3 is 10.2 Å². The molecule has 190 valence electrons. The predicted octanol–water partition coefficient (Wildman–Crippen LogP) is 6.38. The number of hydrogen-bond donors (Lipinski definition) is 1. The molecular weight excluding hydrogens is 539 g/mol. The van der Waals surface area contributed by atoms with Crippen LogP contribution in [0.2, 0.25) is 0 Å². The van der Waals surface area contributed by atoms with E-state index in [0.29, 0.717) is 24.3 Å². The van der Waals surface area contributed by atoms with E-state index in [-0.39, 0.29) is 29.4 Å². The number of hydrogen-bond acceptors (Lipinski definition) is 3. The first-order chi connectivity index (χ1) is 17.4. The van der Waals surface area contributed by atoms with Gasteiger partial charge in [0.15, 0.2) is 0 Å². The SMILES string of the molecule is CC[C@H](C)NC(=O)[C@H](Cc1ccccc1)N(Cc1cccc(Br)c1)C(=O)CSCc1ccccc1F. The topological polar surface area (TPSA) is 49.4 Å². The van der Waals surface area contributed by atoms with Crippen LogP contribution in [0.4, 0.5) is 4.39 Å². The van der Waals surface area contributed by atoms with Gasteiger partial charge in [0.05, 0.1) is 5.75 Å². The van der Waals surface area contributed by atoms with E-state index in [1.165, 1.54) is 17.8 Å². The van der Waals surface area contributed by atoms with E-state index in [4.69, 9.17) is 0 Å². The molecule has 4 nitrogen and oxygen atoms in total. The number of carbonyl (C=O) groups excluding carboxylic acids is 2. The molecule has 0 aromatic heterocycles. The van der Waals surface area contributed by atoms with Crippen molar-refractivity contribution in [3.05, 3.63) is 106 Å². The van der Waals surface area contributed by atoms with E-state index < -0.39 is 6.04 Å². The molecule has 0 spiro atoms. The van der Waals surface area contributed by atoms with Crippen LogP contribution in [-0.2, 0) is 28.3 Å². The highest BCUT2D eigenvalue weighted by Crippen LogP contribution is 2.21. The summed E-state index contributed by atoms with van der Waals surface area (Å²) in [5.41, 5.74) is 2.46. The Morgan fingerprint density at radius 3 is 2.39 bits per heavy atom. The second kappa shape index (κ2) is 14.2. The van der Waals surface area contributed by atoms with Crippen molar-refractivity contribution in [3.63, 3.8) is 0 Å².